The zero-order chi connectivity index (χ0) is 30.3. The number of rotatable bonds is 12. The Hall–Kier alpha value is -2.69. The van der Waals surface area contributed by atoms with E-state index in [9.17, 15) is 4.79 Å². The Kier molecular flexibility index (Phi) is 19.5. The third-order valence-corrected chi connectivity index (χ3v) is 7.72. The van der Waals surface area contributed by atoms with Gasteiger partial charge in [-0.2, -0.15) is 0 Å². The lowest BCUT2D eigenvalue weighted by Crippen LogP contribution is -2.43. The molecule has 4 nitrogen and oxygen atoms in total. The second kappa shape index (κ2) is 22.0. The molecule has 41 heavy (non-hydrogen) atoms. The summed E-state index contributed by atoms with van der Waals surface area (Å²) in [7, 11) is 0. The molecule has 0 radical (unpaired) electrons. The van der Waals surface area contributed by atoms with Crippen molar-refractivity contribution < 1.29 is 9.53 Å². The summed E-state index contributed by atoms with van der Waals surface area (Å²) < 4.78 is 6.04. The number of carbonyl (C=O) groups is 1. The van der Waals surface area contributed by atoms with Crippen molar-refractivity contribution in [1.82, 2.24) is 4.90 Å². The minimum absolute atomic E-state index is 0.235. The molecule has 0 spiro atoms. The molecule has 1 aromatic carbocycles. The summed E-state index contributed by atoms with van der Waals surface area (Å²) in [4.78, 5) is 15.2. The van der Waals surface area contributed by atoms with Crippen molar-refractivity contribution in [1.29, 1.82) is 0 Å². The van der Waals surface area contributed by atoms with Crippen LogP contribution in [-0.2, 0) is 16.1 Å². The van der Waals surface area contributed by atoms with Crippen LogP contribution in [0, 0.1) is 11.3 Å². The smallest absolute Gasteiger partial charge is 0.218 e. The maximum atomic E-state index is 12.7. The van der Waals surface area contributed by atoms with E-state index in [1.807, 2.05) is 33.8 Å². The monoisotopic (exact) mass is 562 g/mol. The topological polar surface area (TPSA) is 55.6 Å². The van der Waals surface area contributed by atoms with Crippen molar-refractivity contribution in [3.8, 4) is 0 Å². The van der Waals surface area contributed by atoms with Crippen LogP contribution >= 0.6 is 0 Å². The van der Waals surface area contributed by atoms with Gasteiger partial charge in [-0.3, -0.25) is 4.79 Å². The lowest BCUT2D eigenvalue weighted by molar-refractivity contribution is -0.120. The van der Waals surface area contributed by atoms with Crippen LogP contribution in [0.5, 0.6) is 0 Å². The number of benzene rings is 1. The van der Waals surface area contributed by atoms with E-state index in [1.165, 1.54) is 16.7 Å². The zero-order valence-electron chi connectivity index (χ0n) is 26.9. The van der Waals surface area contributed by atoms with Crippen molar-refractivity contribution in [3.63, 3.8) is 0 Å². The number of likely N-dealkylation sites (tertiary alicyclic amines) is 1. The highest BCUT2D eigenvalue weighted by Gasteiger charge is 2.44. The number of allylic oxidation sites excluding steroid dienone is 10. The van der Waals surface area contributed by atoms with Gasteiger partial charge < -0.3 is 15.4 Å². The van der Waals surface area contributed by atoms with E-state index in [0.717, 1.165) is 58.2 Å². The van der Waals surface area contributed by atoms with Gasteiger partial charge in [0.25, 0.3) is 0 Å². The second-order valence-electron chi connectivity index (χ2n) is 10.3. The number of primary amides is 1. The van der Waals surface area contributed by atoms with Crippen LogP contribution < -0.4 is 5.73 Å². The van der Waals surface area contributed by atoms with Crippen molar-refractivity contribution in [2.24, 2.45) is 17.1 Å². The molecule has 1 heterocycles. The number of amides is 1. The second-order valence-corrected chi connectivity index (χ2v) is 10.3. The van der Waals surface area contributed by atoms with Gasteiger partial charge in [-0.1, -0.05) is 126 Å². The van der Waals surface area contributed by atoms with Crippen molar-refractivity contribution in [2.45, 2.75) is 93.1 Å². The normalized spacial score (nSPS) is 21.5. The molecule has 4 heteroatoms. The fourth-order valence-corrected chi connectivity index (χ4v) is 5.79. The molecule has 1 amide bonds. The van der Waals surface area contributed by atoms with Crippen molar-refractivity contribution in [2.75, 3.05) is 26.2 Å². The molecule has 1 saturated heterocycles. The van der Waals surface area contributed by atoms with Crippen molar-refractivity contribution >= 4 is 5.91 Å². The molecule has 0 aromatic heterocycles. The summed E-state index contributed by atoms with van der Waals surface area (Å²) in [5.74, 6) is 0.0586. The Morgan fingerprint density at radius 2 is 1.80 bits per heavy atom. The van der Waals surface area contributed by atoms with Crippen LogP contribution in [-0.4, -0.2) is 37.0 Å². The van der Waals surface area contributed by atoms with Gasteiger partial charge in [-0.25, -0.2) is 0 Å². The highest BCUT2D eigenvalue weighted by Crippen LogP contribution is 2.50. The summed E-state index contributed by atoms with van der Waals surface area (Å²) in [6, 6.07) is 10.3. The van der Waals surface area contributed by atoms with E-state index in [4.69, 9.17) is 10.5 Å². The van der Waals surface area contributed by atoms with Crippen LogP contribution in [0.1, 0.15) is 92.1 Å². The highest BCUT2D eigenvalue weighted by molar-refractivity contribution is 5.76. The molecule has 0 saturated carbocycles. The number of ether oxygens (including phenoxy) is 1. The van der Waals surface area contributed by atoms with Gasteiger partial charge in [0.2, 0.25) is 5.91 Å². The largest absolute Gasteiger partial charge is 0.375 e. The quantitative estimate of drug-likeness (QED) is 0.157. The first-order valence-corrected chi connectivity index (χ1v) is 16.0. The van der Waals surface area contributed by atoms with Gasteiger partial charge in [0.1, 0.15) is 0 Å². The predicted molar refractivity (Wildman–Crippen MR) is 178 cm³/mol. The van der Waals surface area contributed by atoms with Gasteiger partial charge in [0.15, 0.2) is 0 Å². The van der Waals surface area contributed by atoms with Gasteiger partial charge in [-0.15, -0.1) is 0 Å². The van der Waals surface area contributed by atoms with Crippen LogP contribution in [0.4, 0.5) is 0 Å². The van der Waals surface area contributed by atoms with Crippen molar-refractivity contribution in [3.05, 3.63) is 95.6 Å². The molecule has 3 rings (SSSR count). The average molecular weight is 563 g/mol. The SMILES string of the molecule is CC.CC.CC/C=C\C=C(/C)C(CC(N)=O)(/C1=C/C/C=C\CC=C1)C1CCCCN(CCOCc2ccccc2)C1. The zero-order valence-corrected chi connectivity index (χ0v) is 26.9. The molecule has 0 bridgehead atoms. The fraction of sp³-hybridized carbons (Fsp3) is 0.541. The van der Waals surface area contributed by atoms with Crippen LogP contribution in [0.3, 0.4) is 0 Å². The molecule has 2 unspecified atom stereocenters. The third-order valence-electron chi connectivity index (χ3n) is 7.72. The van der Waals surface area contributed by atoms with Crippen LogP contribution in [0.2, 0.25) is 0 Å². The number of nitrogens with zero attached hydrogens (tertiary/aromatic N) is 1. The summed E-state index contributed by atoms with van der Waals surface area (Å²) >= 11 is 0. The highest BCUT2D eigenvalue weighted by atomic mass is 16.5. The van der Waals surface area contributed by atoms with Crippen LogP contribution in [0.25, 0.3) is 0 Å². The van der Waals surface area contributed by atoms with E-state index in [2.05, 4.69) is 91.6 Å². The molecule has 228 valence electrons. The lowest BCUT2D eigenvalue weighted by Gasteiger charge is -2.44. The first-order chi connectivity index (χ1) is 20.1. The minimum atomic E-state index is -0.418. The predicted octanol–water partition coefficient (Wildman–Crippen LogP) is 8.96. The first-order valence-electron chi connectivity index (χ1n) is 16.0. The fourth-order valence-electron chi connectivity index (χ4n) is 5.79. The molecule has 1 aromatic rings. The van der Waals surface area contributed by atoms with Gasteiger partial charge >= 0.3 is 0 Å². The summed E-state index contributed by atoms with van der Waals surface area (Å²) in [5, 5.41) is 0. The maximum Gasteiger partial charge on any atom is 0.218 e. The molecule has 2 atom stereocenters. The molecule has 1 aliphatic heterocycles. The Balaban J connectivity index is 0.00000201. The number of carbonyl (C=O) groups excluding carboxylic acids is 1. The Bertz CT molecular complexity index is 989. The molecule has 1 aliphatic carbocycles. The van der Waals surface area contributed by atoms with E-state index in [0.29, 0.717) is 25.6 Å². The van der Waals surface area contributed by atoms with E-state index in [-0.39, 0.29) is 5.91 Å². The van der Waals surface area contributed by atoms with Crippen LogP contribution in [0.15, 0.2) is 90.1 Å². The number of hydrogen-bond donors (Lipinski definition) is 1. The Morgan fingerprint density at radius 1 is 1.07 bits per heavy atom. The molecular weight excluding hydrogens is 504 g/mol. The lowest BCUT2D eigenvalue weighted by atomic mass is 9.61. The van der Waals surface area contributed by atoms with E-state index >= 15 is 0 Å². The number of nitrogens with two attached hydrogens (primary N) is 1. The molecule has 2 N–H and O–H groups in total. The summed E-state index contributed by atoms with van der Waals surface area (Å²) in [5.41, 5.74) is 9.25. The Labute approximate surface area is 252 Å². The minimum Gasteiger partial charge on any atom is -0.375 e. The van der Waals surface area contributed by atoms with Gasteiger partial charge in [0, 0.05) is 24.9 Å². The van der Waals surface area contributed by atoms with E-state index in [1.54, 1.807) is 0 Å². The summed E-state index contributed by atoms with van der Waals surface area (Å²) in [6.07, 6.45) is 24.3. The first kappa shape index (κ1) is 36.3. The van der Waals surface area contributed by atoms with Gasteiger partial charge in [0.05, 0.1) is 13.2 Å². The Morgan fingerprint density at radius 3 is 2.51 bits per heavy atom. The van der Waals surface area contributed by atoms with E-state index < -0.39 is 5.41 Å². The summed E-state index contributed by atoms with van der Waals surface area (Å²) in [6.45, 7) is 16.6. The average Bonchev–Trinajstić information content (AvgIpc) is 3.23. The molecule has 1 fully saturated rings. The van der Waals surface area contributed by atoms with Gasteiger partial charge in [-0.05, 0) is 62.6 Å². The molecule has 2 aliphatic rings. The maximum absolute atomic E-state index is 12.7. The number of hydrogen-bond acceptors (Lipinski definition) is 3. The molecular formula is C37H58N2O2. The standard InChI is InChI=1S/C33H46N2O2.2C2H6/c1-3-4-9-16-28(2)33(25-32(34)36,30-19-12-6-5-7-13-20-30)31-21-14-15-22-35(26-31)23-24-37-27-29-17-10-8-11-18-29;2*1-2/h4-6,8-11,13,16-20,31H,3,7,12,14-15,21-27H2,1-2H3,(H2,34,36);2*1-2H3/b6-5-,9-4-,20-13?,28-16+,30-19+;;. The third kappa shape index (κ3) is 12.4.